The van der Waals surface area contributed by atoms with Gasteiger partial charge in [-0.3, -0.25) is 14.2 Å². The molecular formula is C46H50N2O8Si. The molecule has 4 aromatic carbocycles. The fraction of sp³-hybridized carbons (Fsp3) is 0.326. The number of aryl methyl sites for hydroxylation is 1. The number of terminal acetylenes is 1. The Kier molecular flexibility index (Phi) is 12.2. The average Bonchev–Trinajstić information content (AvgIpc) is 3.59. The molecule has 1 saturated heterocycles. The molecule has 1 aliphatic rings. The van der Waals surface area contributed by atoms with Crippen molar-refractivity contribution in [2.45, 2.75) is 75.4 Å². The monoisotopic (exact) mass is 786 g/mol. The van der Waals surface area contributed by atoms with Crippen LogP contribution in [0.4, 0.5) is 0 Å². The molecule has 57 heavy (non-hydrogen) atoms. The molecular weight excluding hydrogens is 737 g/mol. The minimum atomic E-state index is -2.62. The molecule has 0 saturated carbocycles. The van der Waals surface area contributed by atoms with E-state index < -0.39 is 48.4 Å². The van der Waals surface area contributed by atoms with Crippen LogP contribution in [0.15, 0.2) is 119 Å². The topological polar surface area (TPSA) is 118 Å². The van der Waals surface area contributed by atoms with Gasteiger partial charge in [-0.25, -0.2) is 4.79 Å². The number of nitrogens with zero attached hydrogens (tertiary/aromatic N) is 2. The van der Waals surface area contributed by atoms with E-state index in [0.717, 1.165) is 40.4 Å². The number of benzene rings is 4. The van der Waals surface area contributed by atoms with Crippen LogP contribution >= 0.6 is 0 Å². The molecule has 3 atom stereocenters. The number of carbonyl (C=O) groups is 1. The van der Waals surface area contributed by atoms with Gasteiger partial charge in [0.25, 0.3) is 11.5 Å². The normalized spacial score (nSPS) is 18.2. The zero-order valence-electron chi connectivity index (χ0n) is 33.4. The summed E-state index contributed by atoms with van der Waals surface area (Å²) in [4.78, 5) is 41.6. The van der Waals surface area contributed by atoms with Gasteiger partial charge in [0.1, 0.15) is 35.0 Å². The Bertz CT molecular complexity index is 2290. The van der Waals surface area contributed by atoms with Gasteiger partial charge >= 0.3 is 5.69 Å². The number of aromatic nitrogens is 2. The quantitative estimate of drug-likeness (QED) is 0.0722. The van der Waals surface area contributed by atoms with Gasteiger partial charge in [0.15, 0.2) is 0 Å². The first kappa shape index (κ1) is 41.1. The maximum atomic E-state index is 14.3. The lowest BCUT2D eigenvalue weighted by Crippen LogP contribution is -2.63. The molecule has 6 rings (SSSR count). The Hall–Kier alpha value is -5.51. The third kappa shape index (κ3) is 7.30. The molecule has 10 nitrogen and oxygen atoms in total. The molecule has 0 bridgehead atoms. The summed E-state index contributed by atoms with van der Waals surface area (Å²) in [7, 11) is 0.603. The Labute approximate surface area is 334 Å². The number of methoxy groups -OCH3 is 2. The number of rotatable bonds is 14. The molecule has 1 fully saturated rings. The number of ether oxygens (including phenoxy) is 4. The van der Waals surface area contributed by atoms with E-state index >= 15 is 0 Å². The highest BCUT2D eigenvalue weighted by atomic mass is 28.3. The first-order valence-corrected chi connectivity index (χ1v) is 21.9. The summed E-state index contributed by atoms with van der Waals surface area (Å²) in [5, 5.41) is 11.8. The van der Waals surface area contributed by atoms with Gasteiger partial charge in [-0.05, 0) is 60.0 Å². The second kappa shape index (κ2) is 16.9. The van der Waals surface area contributed by atoms with E-state index in [1.165, 1.54) is 10.8 Å². The molecule has 0 radical (unpaired) electrons. The lowest BCUT2D eigenvalue weighted by Gasteiger charge is -2.46. The van der Waals surface area contributed by atoms with Crippen molar-refractivity contribution < 1.29 is 28.8 Å². The van der Waals surface area contributed by atoms with E-state index in [1.807, 2.05) is 85.8 Å². The van der Waals surface area contributed by atoms with Gasteiger partial charge in [0.05, 0.1) is 34.1 Å². The Morgan fingerprint density at radius 1 is 0.860 bits per heavy atom. The van der Waals surface area contributed by atoms with Gasteiger partial charge in [0.2, 0.25) is 0 Å². The van der Waals surface area contributed by atoms with E-state index in [9.17, 15) is 19.5 Å². The van der Waals surface area contributed by atoms with Crippen molar-refractivity contribution in [1.29, 1.82) is 0 Å². The predicted molar refractivity (Wildman–Crippen MR) is 223 cm³/mol. The predicted octanol–water partition coefficient (Wildman–Crippen LogP) is 7.08. The fourth-order valence-electron chi connectivity index (χ4n) is 8.47. The van der Waals surface area contributed by atoms with Gasteiger partial charge < -0.3 is 24.1 Å². The molecule has 1 N–H and O–H groups in total. The van der Waals surface area contributed by atoms with Gasteiger partial charge in [0, 0.05) is 18.2 Å². The van der Waals surface area contributed by atoms with Gasteiger partial charge in [-0.2, -0.15) is 4.57 Å². The minimum Gasteiger partial charge on any atom is -0.497 e. The van der Waals surface area contributed by atoms with Crippen LogP contribution in [-0.4, -0.2) is 60.4 Å². The number of aliphatic hydroxyl groups is 1. The average molecular weight is 787 g/mol. The van der Waals surface area contributed by atoms with Crippen molar-refractivity contribution in [3.8, 4) is 23.8 Å². The first-order valence-electron chi connectivity index (χ1n) is 19.3. The standard InChI is InChI=1S/C46H50N2O8Si/c1-8-33-30-47(44(51)48(42(33)49)43(50)34-19-17-32(5)18-20-34)41-29-45(52,57(9-2,10-3)11-4)40(56-41)31-55-46(35-15-13-12-14-16-35,36-21-25-38(53-6)26-22-36)37-23-27-39(54-7)28-24-37/h1,12-28,30,40-41,52H,9-11,29,31H2,2-7H3/t40-,41-,45-/m1/s1. The van der Waals surface area contributed by atoms with Crippen LogP contribution in [0.5, 0.6) is 11.5 Å². The zero-order valence-corrected chi connectivity index (χ0v) is 34.4. The van der Waals surface area contributed by atoms with Crippen LogP contribution in [0.25, 0.3) is 0 Å². The van der Waals surface area contributed by atoms with E-state index in [-0.39, 0.29) is 24.2 Å². The SMILES string of the molecule is C#Cc1cn([C@H]2C[C@@](O)([Si](CC)(CC)CC)[C@@H](COC(c3ccccc3)(c3ccc(OC)cc3)c3ccc(OC)cc3)O2)c(=O)n(C(=O)c2ccc(C)cc2)c1=O. The molecule has 5 aromatic rings. The Morgan fingerprint density at radius 3 is 1.88 bits per heavy atom. The number of hydrogen-bond acceptors (Lipinski definition) is 8. The summed E-state index contributed by atoms with van der Waals surface area (Å²) in [6, 6.07) is 34.0. The van der Waals surface area contributed by atoms with Crippen molar-refractivity contribution in [3.05, 3.63) is 164 Å². The first-order chi connectivity index (χ1) is 27.4. The van der Waals surface area contributed by atoms with Crippen LogP contribution < -0.4 is 20.7 Å². The van der Waals surface area contributed by atoms with E-state index in [2.05, 4.69) is 26.7 Å². The minimum absolute atomic E-state index is 0.0209. The van der Waals surface area contributed by atoms with E-state index in [4.69, 9.17) is 25.4 Å². The molecule has 1 aromatic heterocycles. The van der Waals surface area contributed by atoms with Crippen molar-refractivity contribution >= 4 is 14.0 Å². The summed E-state index contributed by atoms with van der Waals surface area (Å²) in [5.41, 5.74) is 0.296. The summed E-state index contributed by atoms with van der Waals surface area (Å²) in [6.45, 7) is 8.06. The molecule has 0 aliphatic carbocycles. The van der Waals surface area contributed by atoms with Crippen molar-refractivity contribution in [2.24, 2.45) is 0 Å². The molecule has 0 unspecified atom stereocenters. The Balaban J connectivity index is 1.51. The lowest BCUT2D eigenvalue weighted by molar-refractivity contribution is -0.104. The summed E-state index contributed by atoms with van der Waals surface area (Å²) < 4.78 is 26.9. The lowest BCUT2D eigenvalue weighted by atomic mass is 9.80. The maximum absolute atomic E-state index is 14.3. The largest absolute Gasteiger partial charge is 0.497 e. The molecule has 2 heterocycles. The third-order valence-electron chi connectivity index (χ3n) is 12.0. The molecule has 11 heteroatoms. The second-order valence-electron chi connectivity index (χ2n) is 14.6. The summed E-state index contributed by atoms with van der Waals surface area (Å²) >= 11 is 0. The summed E-state index contributed by atoms with van der Waals surface area (Å²) in [6.07, 6.45) is 5.07. The van der Waals surface area contributed by atoms with Gasteiger partial charge in [-0.1, -0.05) is 117 Å². The van der Waals surface area contributed by atoms with E-state index in [1.54, 1.807) is 38.5 Å². The molecule has 0 amide bonds. The van der Waals surface area contributed by atoms with Crippen LogP contribution in [0.3, 0.4) is 0 Å². The van der Waals surface area contributed by atoms with Crippen molar-refractivity contribution in [3.63, 3.8) is 0 Å². The highest BCUT2D eigenvalue weighted by molar-refractivity contribution is 6.82. The van der Waals surface area contributed by atoms with Crippen LogP contribution in [0.1, 0.15) is 71.6 Å². The number of hydrogen-bond donors (Lipinski definition) is 1. The van der Waals surface area contributed by atoms with Crippen molar-refractivity contribution in [2.75, 3.05) is 20.8 Å². The molecule has 296 valence electrons. The summed E-state index contributed by atoms with van der Waals surface area (Å²) in [5.74, 6) is 2.90. The fourth-order valence-corrected chi connectivity index (χ4v) is 13.3. The Morgan fingerprint density at radius 2 is 1.39 bits per heavy atom. The second-order valence-corrected chi connectivity index (χ2v) is 20.1. The smallest absolute Gasteiger partial charge is 0.340 e. The molecule has 0 spiro atoms. The van der Waals surface area contributed by atoms with Crippen molar-refractivity contribution in [1.82, 2.24) is 9.13 Å². The van der Waals surface area contributed by atoms with Crippen LogP contribution in [0.2, 0.25) is 18.1 Å². The number of carbonyl (C=O) groups excluding carboxylic acids is 1. The highest BCUT2D eigenvalue weighted by Gasteiger charge is 2.60. The van der Waals surface area contributed by atoms with Crippen LogP contribution in [-0.2, 0) is 15.1 Å². The van der Waals surface area contributed by atoms with Crippen LogP contribution in [0, 0.1) is 19.3 Å². The molecule has 1 aliphatic heterocycles. The third-order valence-corrected chi connectivity index (χ3v) is 18.4. The van der Waals surface area contributed by atoms with Gasteiger partial charge in [-0.15, -0.1) is 6.42 Å². The van der Waals surface area contributed by atoms with E-state index in [0.29, 0.717) is 16.1 Å². The zero-order chi connectivity index (χ0) is 41.0. The highest BCUT2D eigenvalue weighted by Crippen LogP contribution is 2.49. The maximum Gasteiger partial charge on any atom is 0.340 e.